The highest BCUT2D eigenvalue weighted by Gasteiger charge is 2.01. The molecule has 0 bridgehead atoms. The molecule has 4 heteroatoms. The number of benzene rings is 2. The minimum Gasteiger partial charge on any atom is -0.493 e. The van der Waals surface area contributed by atoms with Crippen molar-refractivity contribution < 1.29 is 14.6 Å². The number of unbranched alkanes of at least 4 members (excludes halogenated alkanes) is 2. The number of carboxylic acids is 1. The molecule has 0 fully saturated rings. The number of aryl methyl sites for hydroxylation is 2. The SMILES string of the molecule is Cc1cc(C=CCNCCC(=O)O)ccc1OCCCCCc1ccccc1. The van der Waals surface area contributed by atoms with Crippen LogP contribution in [-0.4, -0.2) is 30.8 Å². The largest absolute Gasteiger partial charge is 0.493 e. The molecule has 28 heavy (non-hydrogen) atoms. The molecule has 0 saturated carbocycles. The summed E-state index contributed by atoms with van der Waals surface area (Å²) in [5, 5.41) is 11.7. The summed E-state index contributed by atoms with van der Waals surface area (Å²) in [5.74, 6) is 0.165. The van der Waals surface area contributed by atoms with Gasteiger partial charge in [0.2, 0.25) is 0 Å². The maximum Gasteiger partial charge on any atom is 0.304 e. The lowest BCUT2D eigenvalue weighted by Gasteiger charge is -2.10. The number of rotatable bonds is 13. The lowest BCUT2D eigenvalue weighted by atomic mass is 10.1. The van der Waals surface area contributed by atoms with Crippen LogP contribution in [0.25, 0.3) is 6.08 Å². The summed E-state index contributed by atoms with van der Waals surface area (Å²) in [6.45, 7) is 3.95. The number of hydrogen-bond acceptors (Lipinski definition) is 3. The summed E-state index contributed by atoms with van der Waals surface area (Å²) in [6, 6.07) is 16.8. The molecular formula is C24H31NO3. The Hall–Kier alpha value is -2.59. The first-order valence-corrected chi connectivity index (χ1v) is 10.0. The Bertz CT molecular complexity index is 741. The van der Waals surface area contributed by atoms with Gasteiger partial charge in [0.05, 0.1) is 13.0 Å². The van der Waals surface area contributed by atoms with Gasteiger partial charge in [-0.25, -0.2) is 0 Å². The molecule has 0 heterocycles. The Labute approximate surface area is 168 Å². The number of ether oxygens (including phenoxy) is 1. The Morgan fingerprint density at radius 1 is 1.11 bits per heavy atom. The molecule has 2 N–H and O–H groups in total. The summed E-state index contributed by atoms with van der Waals surface area (Å²) >= 11 is 0. The van der Waals surface area contributed by atoms with Gasteiger partial charge in [-0.15, -0.1) is 0 Å². The molecule has 0 aliphatic carbocycles. The van der Waals surface area contributed by atoms with Crippen LogP contribution in [-0.2, 0) is 11.2 Å². The van der Waals surface area contributed by atoms with Gasteiger partial charge in [0.1, 0.15) is 5.75 Å². The Balaban J connectivity index is 1.62. The van der Waals surface area contributed by atoms with Crippen molar-refractivity contribution in [2.75, 3.05) is 19.7 Å². The van der Waals surface area contributed by atoms with E-state index in [-0.39, 0.29) is 6.42 Å². The second-order valence-corrected chi connectivity index (χ2v) is 6.92. The lowest BCUT2D eigenvalue weighted by Crippen LogP contribution is -2.17. The third kappa shape index (κ3) is 8.87. The predicted molar refractivity (Wildman–Crippen MR) is 115 cm³/mol. The summed E-state index contributed by atoms with van der Waals surface area (Å²) in [7, 11) is 0. The van der Waals surface area contributed by atoms with Gasteiger partial charge in [0.15, 0.2) is 0 Å². The smallest absolute Gasteiger partial charge is 0.304 e. The molecule has 0 spiro atoms. The van der Waals surface area contributed by atoms with Crippen LogP contribution in [0, 0.1) is 6.92 Å². The Morgan fingerprint density at radius 2 is 1.93 bits per heavy atom. The first-order chi connectivity index (χ1) is 13.6. The normalized spacial score (nSPS) is 11.0. The quantitative estimate of drug-likeness (QED) is 0.486. The van der Waals surface area contributed by atoms with Gasteiger partial charge in [-0.05, 0) is 61.4 Å². The van der Waals surface area contributed by atoms with Crippen molar-refractivity contribution in [2.45, 2.75) is 39.0 Å². The zero-order valence-corrected chi connectivity index (χ0v) is 16.7. The van der Waals surface area contributed by atoms with Gasteiger partial charge in [-0.2, -0.15) is 0 Å². The van der Waals surface area contributed by atoms with Gasteiger partial charge in [-0.1, -0.05) is 48.6 Å². The molecule has 0 radical (unpaired) electrons. The van der Waals surface area contributed by atoms with Crippen molar-refractivity contribution in [3.8, 4) is 5.75 Å². The van der Waals surface area contributed by atoms with Crippen molar-refractivity contribution in [1.82, 2.24) is 5.32 Å². The topological polar surface area (TPSA) is 58.6 Å². The van der Waals surface area contributed by atoms with E-state index >= 15 is 0 Å². The van der Waals surface area contributed by atoms with E-state index in [4.69, 9.17) is 9.84 Å². The predicted octanol–water partition coefficient (Wildman–Crippen LogP) is 4.86. The molecule has 0 aromatic heterocycles. The van der Waals surface area contributed by atoms with E-state index in [1.54, 1.807) is 0 Å². The van der Waals surface area contributed by atoms with E-state index in [9.17, 15) is 4.79 Å². The molecule has 2 aromatic carbocycles. The van der Waals surface area contributed by atoms with Crippen LogP contribution in [0.1, 0.15) is 42.4 Å². The number of aliphatic carboxylic acids is 1. The average Bonchev–Trinajstić information content (AvgIpc) is 2.69. The standard InChI is InChI=1S/C24H31NO3/c1-20-19-22(12-8-16-25-17-15-24(26)27)13-14-23(20)28-18-7-3-6-11-21-9-4-2-5-10-21/h2,4-5,8-10,12-14,19,25H,3,6-7,11,15-18H2,1H3,(H,26,27). The first-order valence-electron chi connectivity index (χ1n) is 10.0. The molecule has 0 aliphatic rings. The van der Waals surface area contributed by atoms with E-state index in [1.165, 1.54) is 18.4 Å². The Kier molecular flexibility index (Phi) is 9.87. The highest BCUT2D eigenvalue weighted by atomic mass is 16.5. The molecular weight excluding hydrogens is 350 g/mol. The summed E-state index contributed by atoms with van der Waals surface area (Å²) in [5.41, 5.74) is 3.65. The minimum absolute atomic E-state index is 0.144. The maximum atomic E-state index is 10.4. The minimum atomic E-state index is -0.779. The van der Waals surface area contributed by atoms with E-state index < -0.39 is 5.97 Å². The van der Waals surface area contributed by atoms with Gasteiger partial charge in [0, 0.05) is 13.1 Å². The summed E-state index contributed by atoms with van der Waals surface area (Å²) in [6.07, 6.45) is 8.74. The number of carbonyl (C=O) groups is 1. The second kappa shape index (κ2) is 12.7. The second-order valence-electron chi connectivity index (χ2n) is 6.92. The lowest BCUT2D eigenvalue weighted by molar-refractivity contribution is -0.136. The third-order valence-corrected chi connectivity index (χ3v) is 4.50. The maximum absolute atomic E-state index is 10.4. The average molecular weight is 382 g/mol. The first kappa shape index (κ1) is 21.7. The summed E-state index contributed by atoms with van der Waals surface area (Å²) in [4.78, 5) is 10.4. The monoisotopic (exact) mass is 381 g/mol. The highest BCUT2D eigenvalue weighted by molar-refractivity contribution is 5.66. The zero-order valence-electron chi connectivity index (χ0n) is 16.7. The van der Waals surface area contributed by atoms with Crippen LogP contribution in [0.5, 0.6) is 5.75 Å². The number of nitrogens with one attached hydrogen (secondary N) is 1. The van der Waals surface area contributed by atoms with Crippen molar-refractivity contribution in [3.05, 3.63) is 71.3 Å². The van der Waals surface area contributed by atoms with E-state index in [0.29, 0.717) is 13.1 Å². The van der Waals surface area contributed by atoms with Gasteiger partial charge >= 0.3 is 5.97 Å². The molecule has 150 valence electrons. The van der Waals surface area contributed by atoms with Gasteiger partial charge in [-0.3, -0.25) is 4.79 Å². The summed E-state index contributed by atoms with van der Waals surface area (Å²) < 4.78 is 5.93. The van der Waals surface area contributed by atoms with E-state index in [0.717, 1.165) is 36.3 Å². The molecule has 4 nitrogen and oxygen atoms in total. The fourth-order valence-corrected chi connectivity index (χ4v) is 2.95. The molecule has 0 unspecified atom stereocenters. The van der Waals surface area contributed by atoms with Crippen LogP contribution in [0.3, 0.4) is 0 Å². The highest BCUT2D eigenvalue weighted by Crippen LogP contribution is 2.20. The van der Waals surface area contributed by atoms with Crippen LogP contribution in [0.4, 0.5) is 0 Å². The number of hydrogen-bond donors (Lipinski definition) is 2. The van der Waals surface area contributed by atoms with Gasteiger partial charge < -0.3 is 15.2 Å². The van der Waals surface area contributed by atoms with Crippen LogP contribution in [0.2, 0.25) is 0 Å². The molecule has 0 aliphatic heterocycles. The Morgan fingerprint density at radius 3 is 2.68 bits per heavy atom. The molecule has 2 rings (SSSR count). The van der Waals surface area contributed by atoms with Crippen molar-refractivity contribution in [2.24, 2.45) is 0 Å². The molecule has 0 amide bonds. The van der Waals surface area contributed by atoms with Crippen molar-refractivity contribution >= 4 is 12.0 Å². The van der Waals surface area contributed by atoms with Crippen molar-refractivity contribution in [1.29, 1.82) is 0 Å². The zero-order chi connectivity index (χ0) is 20.0. The van der Waals surface area contributed by atoms with Crippen molar-refractivity contribution in [3.63, 3.8) is 0 Å². The number of carboxylic acid groups (broad SMARTS) is 1. The third-order valence-electron chi connectivity index (χ3n) is 4.50. The van der Waals surface area contributed by atoms with E-state index in [1.807, 2.05) is 24.3 Å². The molecule has 0 atom stereocenters. The van der Waals surface area contributed by atoms with Crippen LogP contribution >= 0.6 is 0 Å². The fraction of sp³-hybridized carbons (Fsp3) is 0.375. The van der Waals surface area contributed by atoms with E-state index in [2.05, 4.69) is 48.6 Å². The fourth-order valence-electron chi connectivity index (χ4n) is 2.95. The van der Waals surface area contributed by atoms with Crippen LogP contribution in [0.15, 0.2) is 54.6 Å². The van der Waals surface area contributed by atoms with Gasteiger partial charge in [0.25, 0.3) is 0 Å². The molecule has 0 saturated heterocycles. The van der Waals surface area contributed by atoms with Crippen LogP contribution < -0.4 is 10.1 Å². The molecule has 2 aromatic rings.